The van der Waals surface area contributed by atoms with Crippen LogP contribution in [0.2, 0.25) is 0 Å². The summed E-state index contributed by atoms with van der Waals surface area (Å²) >= 11 is 0. The van der Waals surface area contributed by atoms with Gasteiger partial charge in [0.2, 0.25) is 5.96 Å². The van der Waals surface area contributed by atoms with Crippen LogP contribution in [0.25, 0.3) is 0 Å². The van der Waals surface area contributed by atoms with Gasteiger partial charge < -0.3 is 10.2 Å². The summed E-state index contributed by atoms with van der Waals surface area (Å²) in [6, 6.07) is 5.54. The predicted molar refractivity (Wildman–Crippen MR) is 84.4 cm³/mol. The fraction of sp³-hybridized carbons (Fsp3) is 0.500. The number of rotatable bonds is 2. The number of anilines is 2. The maximum absolute atomic E-state index is 12.3. The summed E-state index contributed by atoms with van der Waals surface area (Å²) in [4.78, 5) is 6.63. The molecule has 1 fully saturated rings. The Morgan fingerprint density at radius 1 is 1.24 bits per heavy atom. The van der Waals surface area contributed by atoms with Crippen LogP contribution in [0.1, 0.15) is 26.2 Å². The van der Waals surface area contributed by atoms with Crippen molar-refractivity contribution in [2.75, 3.05) is 29.9 Å². The molecule has 0 unspecified atom stereocenters. The highest BCUT2D eigenvalue weighted by Crippen LogP contribution is 2.30. The zero-order valence-corrected chi connectivity index (χ0v) is 12.9. The lowest BCUT2D eigenvalue weighted by atomic mass is 10.1. The molecular weight excluding hydrogens is 288 g/mol. The SMILES string of the molecule is CCN=C1Nc2ccc(N3CCCCC3)cc2S(=O)(=O)N1. The maximum atomic E-state index is 12.3. The Morgan fingerprint density at radius 3 is 2.71 bits per heavy atom. The van der Waals surface area contributed by atoms with Gasteiger partial charge in [-0.15, -0.1) is 0 Å². The van der Waals surface area contributed by atoms with E-state index in [9.17, 15) is 8.42 Å². The molecule has 0 bridgehead atoms. The van der Waals surface area contributed by atoms with Crippen LogP contribution in [-0.2, 0) is 10.0 Å². The number of guanidine groups is 1. The average Bonchev–Trinajstić information content (AvgIpc) is 2.47. The van der Waals surface area contributed by atoms with Gasteiger partial charge in [0.05, 0.1) is 5.69 Å². The average molecular weight is 308 g/mol. The van der Waals surface area contributed by atoms with Gasteiger partial charge in [-0.3, -0.25) is 4.99 Å². The van der Waals surface area contributed by atoms with Crippen molar-refractivity contribution in [1.29, 1.82) is 0 Å². The minimum Gasteiger partial charge on any atom is -0.371 e. The number of fused-ring (bicyclic) bond motifs is 1. The van der Waals surface area contributed by atoms with Gasteiger partial charge in [-0.25, -0.2) is 13.1 Å². The van der Waals surface area contributed by atoms with Crippen molar-refractivity contribution in [1.82, 2.24) is 4.72 Å². The van der Waals surface area contributed by atoms with Crippen LogP contribution in [0.3, 0.4) is 0 Å². The topological polar surface area (TPSA) is 73.8 Å². The maximum Gasteiger partial charge on any atom is 0.266 e. The second-order valence-corrected chi connectivity index (χ2v) is 6.93. The molecule has 21 heavy (non-hydrogen) atoms. The van der Waals surface area contributed by atoms with Crippen molar-refractivity contribution in [3.8, 4) is 0 Å². The zero-order chi connectivity index (χ0) is 14.9. The highest BCUT2D eigenvalue weighted by atomic mass is 32.2. The molecule has 1 aromatic rings. The molecule has 0 amide bonds. The fourth-order valence-corrected chi connectivity index (χ4v) is 3.92. The first kappa shape index (κ1) is 14.2. The summed E-state index contributed by atoms with van der Waals surface area (Å²) in [7, 11) is -3.54. The Hall–Kier alpha value is -1.76. The second kappa shape index (κ2) is 5.55. The van der Waals surface area contributed by atoms with Gasteiger partial charge in [-0.2, -0.15) is 0 Å². The van der Waals surface area contributed by atoms with Crippen LogP contribution in [-0.4, -0.2) is 34.0 Å². The zero-order valence-electron chi connectivity index (χ0n) is 12.1. The fourth-order valence-electron chi connectivity index (χ4n) is 2.75. The molecule has 6 nitrogen and oxygen atoms in total. The summed E-state index contributed by atoms with van der Waals surface area (Å²) in [6.07, 6.45) is 3.57. The number of sulfonamides is 1. The van der Waals surface area contributed by atoms with E-state index in [-0.39, 0.29) is 5.96 Å². The van der Waals surface area contributed by atoms with E-state index in [0.29, 0.717) is 17.1 Å². The number of hydrogen-bond acceptors (Lipinski definition) is 4. The summed E-state index contributed by atoms with van der Waals surface area (Å²) in [5.41, 5.74) is 1.55. The minimum atomic E-state index is -3.54. The first-order chi connectivity index (χ1) is 10.1. The largest absolute Gasteiger partial charge is 0.371 e. The third kappa shape index (κ3) is 2.83. The molecule has 7 heteroatoms. The van der Waals surface area contributed by atoms with Crippen molar-refractivity contribution in [3.05, 3.63) is 18.2 Å². The van der Waals surface area contributed by atoms with E-state index in [2.05, 4.69) is 19.9 Å². The molecule has 0 aromatic heterocycles. The molecule has 0 radical (unpaired) electrons. The molecule has 2 aliphatic heterocycles. The van der Waals surface area contributed by atoms with Crippen LogP contribution < -0.4 is 14.9 Å². The number of piperidine rings is 1. The van der Waals surface area contributed by atoms with E-state index in [1.54, 1.807) is 6.07 Å². The van der Waals surface area contributed by atoms with Gasteiger partial charge in [0, 0.05) is 25.3 Å². The molecule has 1 aromatic carbocycles. The molecule has 0 atom stereocenters. The number of aliphatic imine (C=N–C) groups is 1. The summed E-state index contributed by atoms with van der Waals surface area (Å²) in [6.45, 7) is 4.36. The van der Waals surface area contributed by atoms with Crippen LogP contribution in [0.15, 0.2) is 28.1 Å². The van der Waals surface area contributed by atoms with Crippen molar-refractivity contribution in [3.63, 3.8) is 0 Å². The van der Waals surface area contributed by atoms with Crippen LogP contribution in [0.4, 0.5) is 11.4 Å². The lowest BCUT2D eigenvalue weighted by molar-refractivity contribution is 0.576. The standard InChI is InChI=1S/C14H20N4O2S/c1-2-15-14-16-12-7-6-11(18-8-4-3-5-9-18)10-13(12)21(19,20)17-14/h6-7,10H,2-5,8-9H2,1H3,(H2,15,16,17). The number of hydrogen-bond donors (Lipinski definition) is 2. The molecular formula is C14H20N4O2S. The van der Waals surface area contributed by atoms with Crippen molar-refractivity contribution >= 4 is 27.4 Å². The summed E-state index contributed by atoms with van der Waals surface area (Å²) in [5, 5.41) is 3.02. The quantitative estimate of drug-likeness (QED) is 0.873. The Bertz CT molecular complexity index is 664. The third-order valence-corrected chi connectivity index (χ3v) is 5.16. The first-order valence-electron chi connectivity index (χ1n) is 7.33. The molecule has 114 valence electrons. The smallest absolute Gasteiger partial charge is 0.266 e. The normalized spacial score (nSPS) is 22.3. The summed E-state index contributed by atoms with van der Waals surface area (Å²) in [5.74, 6) is 0.288. The molecule has 2 N–H and O–H groups in total. The van der Waals surface area contributed by atoms with E-state index >= 15 is 0 Å². The number of nitrogens with zero attached hydrogens (tertiary/aromatic N) is 2. The van der Waals surface area contributed by atoms with E-state index in [1.807, 2.05) is 19.1 Å². The molecule has 2 aliphatic rings. The molecule has 0 spiro atoms. The molecule has 0 aliphatic carbocycles. The van der Waals surface area contributed by atoms with Gasteiger partial charge in [-0.05, 0) is 44.4 Å². The number of benzene rings is 1. The minimum absolute atomic E-state index is 0.288. The highest BCUT2D eigenvalue weighted by Gasteiger charge is 2.27. The van der Waals surface area contributed by atoms with E-state index in [0.717, 1.165) is 31.6 Å². The van der Waals surface area contributed by atoms with Crippen LogP contribution in [0, 0.1) is 0 Å². The van der Waals surface area contributed by atoms with Gasteiger partial charge >= 0.3 is 0 Å². The van der Waals surface area contributed by atoms with Gasteiger partial charge in [0.1, 0.15) is 4.90 Å². The van der Waals surface area contributed by atoms with E-state index in [4.69, 9.17) is 0 Å². The third-order valence-electron chi connectivity index (χ3n) is 3.78. The van der Waals surface area contributed by atoms with Crippen molar-refractivity contribution in [2.24, 2.45) is 4.99 Å². The summed E-state index contributed by atoms with van der Waals surface area (Å²) < 4.78 is 27.2. The monoisotopic (exact) mass is 308 g/mol. The Kier molecular flexibility index (Phi) is 3.75. The van der Waals surface area contributed by atoms with Crippen molar-refractivity contribution < 1.29 is 8.42 Å². The predicted octanol–water partition coefficient (Wildman–Crippen LogP) is 1.76. The Morgan fingerprint density at radius 2 is 2.00 bits per heavy atom. The first-order valence-corrected chi connectivity index (χ1v) is 8.82. The molecule has 2 heterocycles. The van der Waals surface area contributed by atoms with Crippen molar-refractivity contribution in [2.45, 2.75) is 31.1 Å². The molecule has 3 rings (SSSR count). The van der Waals surface area contributed by atoms with E-state index in [1.165, 1.54) is 6.42 Å². The number of nitrogens with one attached hydrogen (secondary N) is 2. The molecule has 1 saturated heterocycles. The van der Waals surface area contributed by atoms with Gasteiger partial charge in [-0.1, -0.05) is 0 Å². The van der Waals surface area contributed by atoms with Crippen LogP contribution >= 0.6 is 0 Å². The van der Waals surface area contributed by atoms with E-state index < -0.39 is 10.0 Å². The Balaban J connectivity index is 1.97. The molecule has 0 saturated carbocycles. The second-order valence-electron chi connectivity index (χ2n) is 5.28. The highest BCUT2D eigenvalue weighted by molar-refractivity contribution is 7.90. The Labute approximate surface area is 125 Å². The van der Waals surface area contributed by atoms with Gasteiger partial charge in [0.25, 0.3) is 10.0 Å². The van der Waals surface area contributed by atoms with Gasteiger partial charge in [0.15, 0.2) is 0 Å². The lowest BCUT2D eigenvalue weighted by Gasteiger charge is -2.30. The van der Waals surface area contributed by atoms with Crippen LogP contribution in [0.5, 0.6) is 0 Å². The lowest BCUT2D eigenvalue weighted by Crippen LogP contribution is -2.41.